The van der Waals surface area contributed by atoms with Crippen LogP contribution in [0.2, 0.25) is 11.6 Å². The van der Waals surface area contributed by atoms with E-state index in [2.05, 4.69) is 49.8 Å². The number of amides is 1. The predicted octanol–water partition coefficient (Wildman–Crippen LogP) is 4.13. The Morgan fingerprint density at radius 1 is 0.885 bits per heavy atom. The number of hydrogen-bond acceptors (Lipinski definition) is 2. The fourth-order valence-electron chi connectivity index (χ4n) is 2.57. The molecule has 0 aromatic heterocycles. The van der Waals surface area contributed by atoms with Crippen LogP contribution in [0.4, 0.5) is 16.2 Å². The van der Waals surface area contributed by atoms with E-state index in [1.54, 1.807) is 4.90 Å². The van der Waals surface area contributed by atoms with E-state index >= 15 is 0 Å². The topological polar surface area (TPSA) is 29.5 Å². The Balaban J connectivity index is 2.66. The maximum absolute atomic E-state index is 13.2. The summed E-state index contributed by atoms with van der Waals surface area (Å²) in [6.45, 7) is 9.89. The molecule has 0 aliphatic heterocycles. The zero-order valence-electron chi connectivity index (χ0n) is 16.5. The van der Waals surface area contributed by atoms with Crippen molar-refractivity contribution >= 4 is 56.3 Å². The second kappa shape index (κ2) is 8.62. The van der Waals surface area contributed by atoms with E-state index in [-0.39, 0.29) is 36.0 Å². The van der Waals surface area contributed by atoms with Crippen molar-refractivity contribution in [1.29, 1.82) is 0 Å². The zero-order valence-corrected chi connectivity index (χ0v) is 20.0. The van der Waals surface area contributed by atoms with Gasteiger partial charge in [-0.25, -0.2) is 0 Å². The van der Waals surface area contributed by atoms with Crippen LogP contribution < -0.4 is 13.8 Å². The number of ether oxygens (including phenoxy) is 1. The summed E-state index contributed by atoms with van der Waals surface area (Å²) in [6.07, 6.45) is -0.318. The number of rotatable bonds is 4. The standard InChI is InChI=1S/C21H27NO2Se2/c1-14-8-10-16(18(12-14)25-6)22(20(23)24-21(3,4)5)17-11-9-15(2)13-19(17)26-7/h8-13H,1-7H3. The third kappa shape index (κ3) is 5.14. The molecular weight excluding hydrogens is 456 g/mol. The van der Waals surface area contributed by atoms with Gasteiger partial charge in [-0.2, -0.15) is 0 Å². The minimum absolute atomic E-state index is 0.268. The quantitative estimate of drug-likeness (QED) is 0.613. The number of nitrogens with zero attached hydrogens (tertiary/aromatic N) is 1. The van der Waals surface area contributed by atoms with Crippen LogP contribution in [0, 0.1) is 13.8 Å². The van der Waals surface area contributed by atoms with E-state index in [0.29, 0.717) is 0 Å². The number of anilines is 2. The van der Waals surface area contributed by atoms with Crippen molar-refractivity contribution in [2.45, 2.75) is 51.9 Å². The Morgan fingerprint density at radius 3 is 1.65 bits per heavy atom. The van der Waals surface area contributed by atoms with Crippen molar-refractivity contribution in [2.24, 2.45) is 0 Å². The van der Waals surface area contributed by atoms with Crippen LogP contribution in [0.3, 0.4) is 0 Å². The van der Waals surface area contributed by atoms with E-state index in [1.165, 1.54) is 20.1 Å². The van der Waals surface area contributed by atoms with Crippen LogP contribution in [-0.4, -0.2) is 41.6 Å². The van der Waals surface area contributed by atoms with Gasteiger partial charge in [-0.15, -0.1) is 0 Å². The van der Waals surface area contributed by atoms with Gasteiger partial charge >= 0.3 is 170 Å². The SMILES string of the molecule is C[Se]c1cc(C)ccc1N(C(=O)OC(C)(C)C)c1ccc(C)cc1[Se]C. The maximum atomic E-state index is 13.2. The molecule has 0 unspecified atom stereocenters. The normalized spacial score (nSPS) is 11.3. The molecule has 0 aliphatic rings. The predicted molar refractivity (Wildman–Crippen MR) is 113 cm³/mol. The Kier molecular flexibility index (Phi) is 6.98. The summed E-state index contributed by atoms with van der Waals surface area (Å²) < 4.78 is 8.18. The number of carbonyl (C=O) groups excluding carboxylic acids is 1. The van der Waals surface area contributed by atoms with Gasteiger partial charge in [0.05, 0.1) is 0 Å². The molecule has 26 heavy (non-hydrogen) atoms. The summed E-state index contributed by atoms with van der Waals surface area (Å²) in [5.41, 5.74) is 3.74. The van der Waals surface area contributed by atoms with Gasteiger partial charge < -0.3 is 0 Å². The first-order chi connectivity index (χ1) is 12.2. The molecule has 5 heteroatoms. The van der Waals surface area contributed by atoms with Gasteiger partial charge in [0.1, 0.15) is 0 Å². The third-order valence-corrected chi connectivity index (χ3v) is 6.95. The Hall–Kier alpha value is -1.25. The molecular formula is C21H27NO2Se2. The number of hydrogen-bond donors (Lipinski definition) is 0. The summed E-state index contributed by atoms with van der Waals surface area (Å²) in [7, 11) is 0. The fraction of sp³-hybridized carbons (Fsp3) is 0.381. The minimum atomic E-state index is -0.542. The van der Waals surface area contributed by atoms with E-state index in [1.807, 2.05) is 32.9 Å². The molecule has 0 fully saturated rings. The summed E-state index contributed by atoms with van der Waals surface area (Å²) in [5.74, 6) is 4.36. The number of benzene rings is 2. The van der Waals surface area contributed by atoms with Crippen molar-refractivity contribution in [2.75, 3.05) is 4.90 Å². The third-order valence-electron chi connectivity index (χ3n) is 3.73. The van der Waals surface area contributed by atoms with Gasteiger partial charge in [-0.05, 0) is 0 Å². The Morgan fingerprint density at radius 2 is 1.31 bits per heavy atom. The summed E-state index contributed by atoms with van der Waals surface area (Å²) >= 11 is 0.535. The molecule has 2 aromatic rings. The van der Waals surface area contributed by atoms with E-state index in [9.17, 15) is 4.79 Å². The average molecular weight is 483 g/mol. The molecule has 2 aromatic carbocycles. The zero-order chi connectivity index (χ0) is 19.5. The van der Waals surface area contributed by atoms with Crippen molar-refractivity contribution in [3.63, 3.8) is 0 Å². The summed E-state index contributed by atoms with van der Waals surface area (Å²) in [5, 5.41) is 0. The van der Waals surface area contributed by atoms with Gasteiger partial charge in [0.25, 0.3) is 0 Å². The van der Waals surface area contributed by atoms with Crippen LogP contribution in [0.1, 0.15) is 31.9 Å². The van der Waals surface area contributed by atoms with E-state index in [4.69, 9.17) is 4.74 Å². The fourth-order valence-corrected chi connectivity index (χ4v) is 5.39. The van der Waals surface area contributed by atoms with Crippen LogP contribution >= 0.6 is 0 Å². The molecule has 0 bridgehead atoms. The number of carbonyl (C=O) groups is 1. The van der Waals surface area contributed by atoms with Crippen LogP contribution in [0.25, 0.3) is 0 Å². The molecule has 140 valence electrons. The van der Waals surface area contributed by atoms with Crippen molar-refractivity contribution in [3.8, 4) is 0 Å². The molecule has 1 amide bonds. The van der Waals surface area contributed by atoms with Gasteiger partial charge in [-0.3, -0.25) is 0 Å². The molecule has 2 rings (SSSR count). The van der Waals surface area contributed by atoms with Gasteiger partial charge in [0.2, 0.25) is 0 Å². The van der Waals surface area contributed by atoms with Crippen LogP contribution in [-0.2, 0) is 4.74 Å². The molecule has 0 saturated heterocycles. The van der Waals surface area contributed by atoms with Crippen LogP contribution in [0.15, 0.2) is 36.4 Å². The Labute approximate surface area is 169 Å². The van der Waals surface area contributed by atoms with E-state index in [0.717, 1.165) is 11.4 Å². The first kappa shape index (κ1) is 21.1. The van der Waals surface area contributed by atoms with E-state index < -0.39 is 5.60 Å². The molecule has 0 saturated carbocycles. The monoisotopic (exact) mass is 485 g/mol. The molecule has 0 heterocycles. The summed E-state index contributed by atoms with van der Waals surface area (Å²) in [4.78, 5) is 15.0. The molecule has 0 N–H and O–H groups in total. The second-order valence-corrected chi connectivity index (χ2v) is 10.7. The molecule has 0 spiro atoms. The first-order valence-corrected chi connectivity index (χ1v) is 13.6. The second-order valence-electron chi connectivity index (χ2n) is 7.17. The average Bonchev–Trinajstić information content (AvgIpc) is 2.55. The van der Waals surface area contributed by atoms with Gasteiger partial charge in [0, 0.05) is 0 Å². The van der Waals surface area contributed by atoms with Crippen LogP contribution in [0.5, 0.6) is 0 Å². The van der Waals surface area contributed by atoms with Crippen molar-refractivity contribution < 1.29 is 9.53 Å². The Bertz CT molecular complexity index is 744. The molecule has 0 atom stereocenters. The van der Waals surface area contributed by atoms with Crippen molar-refractivity contribution in [3.05, 3.63) is 47.5 Å². The molecule has 0 aliphatic carbocycles. The molecule has 3 nitrogen and oxygen atoms in total. The first-order valence-electron chi connectivity index (χ1n) is 8.48. The summed E-state index contributed by atoms with van der Waals surface area (Å²) in [6, 6.07) is 12.6. The van der Waals surface area contributed by atoms with Gasteiger partial charge in [0.15, 0.2) is 0 Å². The van der Waals surface area contributed by atoms with Crippen molar-refractivity contribution in [1.82, 2.24) is 0 Å². The molecule has 0 radical (unpaired) electrons. The van der Waals surface area contributed by atoms with Gasteiger partial charge in [-0.1, -0.05) is 0 Å². The number of aryl methyl sites for hydroxylation is 2.